The largest absolute Gasteiger partial charge is 0.496 e. The number of rotatable bonds is 2. The molecule has 1 unspecified atom stereocenters. The van der Waals surface area contributed by atoms with Gasteiger partial charge in [0.15, 0.2) is 0 Å². The van der Waals surface area contributed by atoms with Crippen LogP contribution in [0.4, 0.5) is 0 Å². The highest BCUT2D eigenvalue weighted by molar-refractivity contribution is 6.31. The van der Waals surface area contributed by atoms with Crippen molar-refractivity contribution in [3.8, 4) is 5.75 Å². The van der Waals surface area contributed by atoms with E-state index in [0.29, 0.717) is 0 Å². The van der Waals surface area contributed by atoms with Crippen molar-refractivity contribution in [3.05, 3.63) is 28.3 Å². The molecule has 0 amide bonds. The van der Waals surface area contributed by atoms with E-state index in [9.17, 15) is 0 Å². The van der Waals surface area contributed by atoms with E-state index in [1.165, 1.54) is 0 Å². The Bertz CT molecular complexity index is 376. The van der Waals surface area contributed by atoms with Crippen molar-refractivity contribution >= 4 is 11.6 Å². The highest BCUT2D eigenvalue weighted by atomic mass is 35.5. The molecule has 0 saturated carbocycles. The number of ether oxygens (including phenoxy) is 2. The molecule has 1 aliphatic rings. The van der Waals surface area contributed by atoms with Gasteiger partial charge >= 0.3 is 0 Å². The molecule has 4 heteroatoms. The molecule has 3 nitrogen and oxygen atoms in total. The smallest absolute Gasteiger partial charge is 0.123 e. The second-order valence-electron chi connectivity index (χ2n) is 3.89. The van der Waals surface area contributed by atoms with Gasteiger partial charge in [-0.25, -0.2) is 0 Å². The van der Waals surface area contributed by atoms with Crippen LogP contribution in [0.5, 0.6) is 5.75 Å². The molecule has 1 N–H and O–H groups in total. The van der Waals surface area contributed by atoms with Gasteiger partial charge in [-0.1, -0.05) is 11.6 Å². The molecular formula is C12H16ClNO2. The van der Waals surface area contributed by atoms with Crippen molar-refractivity contribution in [2.75, 3.05) is 26.8 Å². The average Bonchev–Trinajstić information content (AvgIpc) is 2.33. The van der Waals surface area contributed by atoms with E-state index in [0.717, 1.165) is 41.6 Å². The zero-order valence-electron chi connectivity index (χ0n) is 9.55. The molecule has 1 heterocycles. The third-order valence-electron chi connectivity index (χ3n) is 2.84. The summed E-state index contributed by atoms with van der Waals surface area (Å²) in [6.07, 6.45) is 0.0701. The molecule has 1 saturated heterocycles. The molecule has 2 rings (SSSR count). The lowest BCUT2D eigenvalue weighted by atomic mass is 10.1. The number of benzene rings is 1. The summed E-state index contributed by atoms with van der Waals surface area (Å²) in [5.74, 6) is 0.816. The number of methoxy groups -OCH3 is 1. The van der Waals surface area contributed by atoms with Gasteiger partial charge in [0.05, 0.1) is 19.8 Å². The molecule has 0 aromatic heterocycles. The molecule has 1 aromatic rings. The van der Waals surface area contributed by atoms with Crippen LogP contribution in [0.25, 0.3) is 0 Å². The molecule has 88 valence electrons. The second kappa shape index (κ2) is 5.04. The van der Waals surface area contributed by atoms with Crippen LogP contribution in [0.15, 0.2) is 12.1 Å². The molecular weight excluding hydrogens is 226 g/mol. The molecule has 1 aromatic carbocycles. The van der Waals surface area contributed by atoms with Gasteiger partial charge in [0.2, 0.25) is 0 Å². The highest BCUT2D eigenvalue weighted by Crippen LogP contribution is 2.31. The van der Waals surface area contributed by atoms with E-state index in [-0.39, 0.29) is 6.10 Å². The predicted molar refractivity (Wildman–Crippen MR) is 64.3 cm³/mol. The summed E-state index contributed by atoms with van der Waals surface area (Å²) in [5, 5.41) is 4.02. The Morgan fingerprint density at radius 3 is 2.94 bits per heavy atom. The molecule has 1 fully saturated rings. The Labute approximate surface area is 101 Å². The van der Waals surface area contributed by atoms with Crippen LogP contribution >= 0.6 is 11.6 Å². The molecule has 16 heavy (non-hydrogen) atoms. The summed E-state index contributed by atoms with van der Waals surface area (Å²) >= 11 is 6.16. The van der Waals surface area contributed by atoms with Gasteiger partial charge in [0, 0.05) is 23.7 Å². The molecule has 1 atom stereocenters. The number of halogens is 1. The fourth-order valence-electron chi connectivity index (χ4n) is 1.85. The number of morpholine rings is 1. The van der Waals surface area contributed by atoms with Gasteiger partial charge in [0.1, 0.15) is 5.75 Å². The minimum absolute atomic E-state index is 0.0701. The van der Waals surface area contributed by atoms with Gasteiger partial charge in [-0.2, -0.15) is 0 Å². The quantitative estimate of drug-likeness (QED) is 0.862. The van der Waals surface area contributed by atoms with Gasteiger partial charge < -0.3 is 14.8 Å². The van der Waals surface area contributed by atoms with Crippen molar-refractivity contribution in [3.63, 3.8) is 0 Å². The third kappa shape index (κ3) is 2.32. The van der Waals surface area contributed by atoms with E-state index < -0.39 is 0 Å². The summed E-state index contributed by atoms with van der Waals surface area (Å²) in [7, 11) is 1.66. The summed E-state index contributed by atoms with van der Waals surface area (Å²) in [4.78, 5) is 0. The van der Waals surface area contributed by atoms with E-state index in [4.69, 9.17) is 21.1 Å². The monoisotopic (exact) mass is 241 g/mol. The van der Waals surface area contributed by atoms with Crippen LogP contribution in [-0.4, -0.2) is 26.8 Å². The second-order valence-corrected chi connectivity index (χ2v) is 4.30. The van der Waals surface area contributed by atoms with Crippen LogP contribution < -0.4 is 10.1 Å². The Balaban J connectivity index is 2.29. The van der Waals surface area contributed by atoms with Crippen molar-refractivity contribution < 1.29 is 9.47 Å². The van der Waals surface area contributed by atoms with E-state index in [2.05, 4.69) is 5.32 Å². The first-order valence-electron chi connectivity index (χ1n) is 5.38. The molecule has 0 radical (unpaired) electrons. The number of hydrogen-bond acceptors (Lipinski definition) is 3. The first-order chi connectivity index (χ1) is 7.72. The SMILES string of the molecule is COc1cc(C2CNCCO2)cc(Cl)c1C. The van der Waals surface area contributed by atoms with Crippen LogP contribution in [0.1, 0.15) is 17.2 Å². The Morgan fingerprint density at radius 2 is 2.31 bits per heavy atom. The highest BCUT2D eigenvalue weighted by Gasteiger charge is 2.18. The average molecular weight is 242 g/mol. The van der Waals surface area contributed by atoms with E-state index in [1.807, 2.05) is 19.1 Å². The van der Waals surface area contributed by atoms with Crippen molar-refractivity contribution in [1.82, 2.24) is 5.32 Å². The van der Waals surface area contributed by atoms with E-state index >= 15 is 0 Å². The molecule has 1 aliphatic heterocycles. The standard InChI is InChI=1S/C12H16ClNO2/c1-8-10(13)5-9(6-11(8)15-2)12-7-14-3-4-16-12/h5-6,12,14H,3-4,7H2,1-2H3. The maximum absolute atomic E-state index is 6.16. The van der Waals surface area contributed by atoms with Gasteiger partial charge in [-0.3, -0.25) is 0 Å². The minimum Gasteiger partial charge on any atom is -0.496 e. The Kier molecular flexibility index (Phi) is 3.69. The van der Waals surface area contributed by atoms with Crippen LogP contribution in [0.3, 0.4) is 0 Å². The van der Waals surface area contributed by atoms with Gasteiger partial charge in [-0.15, -0.1) is 0 Å². The summed E-state index contributed by atoms with van der Waals surface area (Å²) < 4.78 is 11.0. The Morgan fingerprint density at radius 1 is 1.50 bits per heavy atom. The topological polar surface area (TPSA) is 30.5 Å². The van der Waals surface area contributed by atoms with Crippen LogP contribution in [0.2, 0.25) is 5.02 Å². The summed E-state index contributed by atoms with van der Waals surface area (Å²) in [6, 6.07) is 3.95. The lowest BCUT2D eigenvalue weighted by Crippen LogP contribution is -2.33. The van der Waals surface area contributed by atoms with Crippen molar-refractivity contribution in [2.24, 2.45) is 0 Å². The maximum Gasteiger partial charge on any atom is 0.123 e. The zero-order chi connectivity index (χ0) is 11.5. The van der Waals surface area contributed by atoms with E-state index in [1.54, 1.807) is 7.11 Å². The number of nitrogens with one attached hydrogen (secondary N) is 1. The third-order valence-corrected chi connectivity index (χ3v) is 3.23. The fourth-order valence-corrected chi connectivity index (χ4v) is 2.07. The van der Waals surface area contributed by atoms with Gasteiger partial charge in [0.25, 0.3) is 0 Å². The normalized spacial score (nSPS) is 20.8. The van der Waals surface area contributed by atoms with Crippen molar-refractivity contribution in [2.45, 2.75) is 13.0 Å². The number of hydrogen-bond donors (Lipinski definition) is 1. The summed E-state index contributed by atoms with van der Waals surface area (Å²) in [6.45, 7) is 4.42. The lowest BCUT2D eigenvalue weighted by Gasteiger charge is -2.24. The van der Waals surface area contributed by atoms with Crippen LogP contribution in [0, 0.1) is 6.92 Å². The molecule has 0 spiro atoms. The minimum atomic E-state index is 0.0701. The Hall–Kier alpha value is -0.770. The predicted octanol–water partition coefficient (Wildman–Crippen LogP) is 2.32. The summed E-state index contributed by atoms with van der Waals surface area (Å²) in [5.41, 5.74) is 2.04. The first-order valence-corrected chi connectivity index (χ1v) is 5.76. The zero-order valence-corrected chi connectivity index (χ0v) is 10.3. The first kappa shape index (κ1) is 11.7. The van der Waals surface area contributed by atoms with Crippen LogP contribution in [-0.2, 0) is 4.74 Å². The molecule has 0 aliphatic carbocycles. The lowest BCUT2D eigenvalue weighted by molar-refractivity contribution is 0.0276. The molecule has 0 bridgehead atoms. The maximum atomic E-state index is 6.16. The van der Waals surface area contributed by atoms with Gasteiger partial charge in [-0.05, 0) is 24.6 Å². The van der Waals surface area contributed by atoms with Crippen molar-refractivity contribution in [1.29, 1.82) is 0 Å². The fraction of sp³-hybridized carbons (Fsp3) is 0.500.